The summed E-state index contributed by atoms with van der Waals surface area (Å²) in [6.07, 6.45) is 1.66. The van der Waals surface area contributed by atoms with Gasteiger partial charge in [-0.05, 0) is 6.92 Å². The van der Waals surface area contributed by atoms with Crippen molar-refractivity contribution in [3.63, 3.8) is 0 Å². The average Bonchev–Trinajstić information content (AvgIpc) is 2.71. The van der Waals surface area contributed by atoms with Crippen molar-refractivity contribution in [2.75, 3.05) is 0 Å². The largest absolute Gasteiger partial charge is 0.364 e. The number of hydrogen-bond donors (Lipinski definition) is 1. The third kappa shape index (κ3) is 1.27. The first-order valence-electron chi connectivity index (χ1n) is 3.82. The first-order chi connectivity index (χ1) is 6.70. The first kappa shape index (κ1) is 8.82. The highest BCUT2D eigenvalue weighted by Gasteiger charge is 2.15. The smallest absolute Gasteiger partial charge is 0.271 e. The second-order valence-corrected chi connectivity index (χ2v) is 3.49. The van der Waals surface area contributed by atoms with E-state index in [2.05, 4.69) is 15.3 Å². The second-order valence-electron chi connectivity index (χ2n) is 2.61. The molecule has 7 heteroatoms. The molecular formula is C7H7N5OS. The molecule has 6 nitrogen and oxygen atoms in total. The van der Waals surface area contributed by atoms with Crippen molar-refractivity contribution in [1.82, 2.24) is 20.0 Å². The Morgan fingerprint density at radius 1 is 1.64 bits per heavy atom. The van der Waals surface area contributed by atoms with Gasteiger partial charge in [-0.15, -0.1) is 16.4 Å². The molecule has 0 aliphatic heterocycles. The van der Waals surface area contributed by atoms with Gasteiger partial charge in [-0.2, -0.15) is 4.68 Å². The number of hydrogen-bond acceptors (Lipinski definition) is 5. The van der Waals surface area contributed by atoms with Crippen molar-refractivity contribution in [1.29, 1.82) is 0 Å². The SMILES string of the molecule is Cc1c(C(N)=O)nnn1-c1nccs1. The summed E-state index contributed by atoms with van der Waals surface area (Å²) in [7, 11) is 0. The lowest BCUT2D eigenvalue weighted by Crippen LogP contribution is -2.13. The van der Waals surface area contributed by atoms with E-state index in [4.69, 9.17) is 5.73 Å². The summed E-state index contributed by atoms with van der Waals surface area (Å²) in [6.45, 7) is 1.72. The van der Waals surface area contributed by atoms with Crippen molar-refractivity contribution >= 4 is 17.2 Å². The third-order valence-corrected chi connectivity index (χ3v) is 2.48. The highest BCUT2D eigenvalue weighted by atomic mass is 32.1. The number of aromatic nitrogens is 4. The summed E-state index contributed by atoms with van der Waals surface area (Å²) in [5.41, 5.74) is 5.89. The lowest BCUT2D eigenvalue weighted by Gasteiger charge is -1.95. The Hall–Kier alpha value is -1.76. The Balaban J connectivity index is 2.52. The summed E-state index contributed by atoms with van der Waals surface area (Å²) >= 11 is 1.41. The number of thiazole rings is 1. The zero-order chi connectivity index (χ0) is 10.1. The first-order valence-corrected chi connectivity index (χ1v) is 4.70. The van der Waals surface area contributed by atoms with Gasteiger partial charge >= 0.3 is 0 Å². The van der Waals surface area contributed by atoms with Crippen molar-refractivity contribution in [3.8, 4) is 5.13 Å². The van der Waals surface area contributed by atoms with Gasteiger partial charge in [0.15, 0.2) is 5.69 Å². The number of carbonyl (C=O) groups is 1. The summed E-state index contributed by atoms with van der Waals surface area (Å²) in [5.74, 6) is -0.578. The van der Waals surface area contributed by atoms with Gasteiger partial charge in [0, 0.05) is 11.6 Å². The van der Waals surface area contributed by atoms with Gasteiger partial charge in [-0.1, -0.05) is 5.21 Å². The predicted molar refractivity (Wildman–Crippen MR) is 50.3 cm³/mol. The monoisotopic (exact) mass is 209 g/mol. The fourth-order valence-corrected chi connectivity index (χ4v) is 1.70. The normalized spacial score (nSPS) is 10.4. The van der Waals surface area contributed by atoms with Crippen LogP contribution in [-0.2, 0) is 0 Å². The summed E-state index contributed by atoms with van der Waals surface area (Å²) < 4.78 is 1.49. The molecule has 1 amide bonds. The molecule has 2 aromatic rings. The lowest BCUT2D eigenvalue weighted by molar-refractivity contribution is 0.0995. The minimum absolute atomic E-state index is 0.181. The molecule has 0 aromatic carbocycles. The van der Waals surface area contributed by atoms with Gasteiger partial charge in [-0.25, -0.2) is 4.98 Å². The number of nitrogens with zero attached hydrogens (tertiary/aromatic N) is 4. The molecule has 2 aromatic heterocycles. The summed E-state index contributed by atoms with van der Waals surface area (Å²) in [6, 6.07) is 0. The van der Waals surface area contributed by atoms with Crippen LogP contribution >= 0.6 is 11.3 Å². The topological polar surface area (TPSA) is 86.7 Å². The van der Waals surface area contributed by atoms with Crippen molar-refractivity contribution < 1.29 is 4.79 Å². The standard InChI is InChI=1S/C7H7N5OS/c1-4-5(6(8)13)10-11-12(4)7-9-2-3-14-7/h2-3H,1H3,(H2,8,13). The number of carbonyl (C=O) groups excluding carboxylic acids is 1. The van der Waals surface area contributed by atoms with E-state index in [9.17, 15) is 4.79 Å². The van der Waals surface area contributed by atoms with Crippen LogP contribution in [0.5, 0.6) is 0 Å². The molecule has 2 heterocycles. The summed E-state index contributed by atoms with van der Waals surface area (Å²) in [5, 5.41) is 9.96. The molecule has 0 atom stereocenters. The van der Waals surface area contributed by atoms with E-state index in [1.54, 1.807) is 13.1 Å². The molecule has 0 aliphatic carbocycles. The molecule has 0 unspecified atom stereocenters. The predicted octanol–water partition coefficient (Wildman–Crippen LogP) is 0.131. The highest BCUT2D eigenvalue weighted by molar-refractivity contribution is 7.12. The number of amides is 1. The zero-order valence-electron chi connectivity index (χ0n) is 7.34. The van der Waals surface area contributed by atoms with Gasteiger partial charge in [0.2, 0.25) is 5.13 Å². The van der Waals surface area contributed by atoms with E-state index >= 15 is 0 Å². The number of nitrogens with two attached hydrogens (primary N) is 1. The van der Waals surface area contributed by atoms with Gasteiger partial charge < -0.3 is 5.73 Å². The van der Waals surface area contributed by atoms with Crippen LogP contribution in [0, 0.1) is 6.92 Å². The molecule has 14 heavy (non-hydrogen) atoms. The molecule has 72 valence electrons. The van der Waals surface area contributed by atoms with E-state index in [1.165, 1.54) is 16.0 Å². The zero-order valence-corrected chi connectivity index (χ0v) is 8.15. The lowest BCUT2D eigenvalue weighted by atomic mass is 10.3. The van der Waals surface area contributed by atoms with Crippen LogP contribution in [0.2, 0.25) is 0 Å². The molecule has 0 saturated carbocycles. The van der Waals surface area contributed by atoms with Crippen LogP contribution in [0.4, 0.5) is 0 Å². The van der Waals surface area contributed by atoms with E-state index in [0.29, 0.717) is 10.8 Å². The molecule has 0 aliphatic rings. The molecule has 0 fully saturated rings. The maximum absolute atomic E-state index is 10.9. The minimum atomic E-state index is -0.578. The van der Waals surface area contributed by atoms with Crippen LogP contribution in [0.25, 0.3) is 5.13 Å². The maximum Gasteiger partial charge on any atom is 0.271 e. The van der Waals surface area contributed by atoms with Crippen molar-refractivity contribution in [2.45, 2.75) is 6.92 Å². The molecular weight excluding hydrogens is 202 g/mol. The molecule has 2 rings (SSSR count). The Labute approximate surface area is 83.4 Å². The number of primary amides is 1. The van der Waals surface area contributed by atoms with Gasteiger partial charge in [0.25, 0.3) is 5.91 Å². The quantitative estimate of drug-likeness (QED) is 0.761. The van der Waals surface area contributed by atoms with Gasteiger partial charge in [-0.3, -0.25) is 4.79 Å². The fourth-order valence-electron chi connectivity index (χ4n) is 1.06. The Morgan fingerprint density at radius 2 is 2.43 bits per heavy atom. The Morgan fingerprint density at radius 3 is 2.93 bits per heavy atom. The molecule has 0 saturated heterocycles. The van der Waals surface area contributed by atoms with Crippen LogP contribution in [0.15, 0.2) is 11.6 Å². The summed E-state index contributed by atoms with van der Waals surface area (Å²) in [4.78, 5) is 14.9. The number of rotatable bonds is 2. The van der Waals surface area contributed by atoms with E-state index in [-0.39, 0.29) is 5.69 Å². The Kier molecular flexibility index (Phi) is 2.01. The second kappa shape index (κ2) is 3.18. The average molecular weight is 209 g/mol. The Bertz CT molecular complexity index is 460. The maximum atomic E-state index is 10.9. The van der Waals surface area contributed by atoms with Crippen LogP contribution in [0.1, 0.15) is 16.2 Å². The van der Waals surface area contributed by atoms with Crippen LogP contribution in [-0.4, -0.2) is 25.9 Å². The molecule has 0 bridgehead atoms. The van der Waals surface area contributed by atoms with Crippen molar-refractivity contribution in [3.05, 3.63) is 23.0 Å². The van der Waals surface area contributed by atoms with Crippen LogP contribution < -0.4 is 5.73 Å². The minimum Gasteiger partial charge on any atom is -0.364 e. The van der Waals surface area contributed by atoms with E-state index < -0.39 is 5.91 Å². The van der Waals surface area contributed by atoms with Crippen molar-refractivity contribution in [2.24, 2.45) is 5.73 Å². The molecule has 0 spiro atoms. The molecule has 0 radical (unpaired) electrons. The van der Waals surface area contributed by atoms with Gasteiger partial charge in [0.1, 0.15) is 0 Å². The van der Waals surface area contributed by atoms with E-state index in [0.717, 1.165) is 0 Å². The highest BCUT2D eigenvalue weighted by Crippen LogP contribution is 2.13. The fraction of sp³-hybridized carbons (Fsp3) is 0.143. The van der Waals surface area contributed by atoms with E-state index in [1.807, 2.05) is 5.38 Å². The molecule has 2 N–H and O–H groups in total. The van der Waals surface area contributed by atoms with Gasteiger partial charge in [0.05, 0.1) is 5.69 Å². The third-order valence-electron chi connectivity index (χ3n) is 1.73. The van der Waals surface area contributed by atoms with Crippen LogP contribution in [0.3, 0.4) is 0 Å².